The highest BCUT2D eigenvalue weighted by Crippen LogP contribution is 2.42. The van der Waals surface area contributed by atoms with Gasteiger partial charge in [-0.2, -0.15) is 0 Å². The van der Waals surface area contributed by atoms with Crippen LogP contribution in [0.4, 0.5) is 0 Å². The van der Waals surface area contributed by atoms with Gasteiger partial charge in [0.15, 0.2) is 0 Å². The van der Waals surface area contributed by atoms with Gasteiger partial charge in [-0.25, -0.2) is 17.9 Å². The molecular formula is C39H53N5O7S. The smallest absolute Gasteiger partial charge is 0.329 e. The molecule has 0 aliphatic carbocycles. The second-order valence-electron chi connectivity index (χ2n) is 15.1. The summed E-state index contributed by atoms with van der Waals surface area (Å²) in [6.07, 6.45) is 3.67. The molecule has 0 spiro atoms. The number of hydrogen-bond donors (Lipinski definition) is 4. The first-order valence-corrected chi connectivity index (χ1v) is 19.1. The van der Waals surface area contributed by atoms with Crippen LogP contribution in [-0.2, 0) is 43.6 Å². The summed E-state index contributed by atoms with van der Waals surface area (Å²) in [5, 5.41) is 2.79. The van der Waals surface area contributed by atoms with Crippen molar-refractivity contribution in [3.63, 3.8) is 0 Å². The molecule has 2 aromatic carbocycles. The molecule has 1 atom stereocenters. The van der Waals surface area contributed by atoms with Crippen molar-refractivity contribution in [1.29, 1.82) is 0 Å². The standard InChI is InChI=1S/C39H53N5O7S/c1-23-22-42-35(46)30(20-27-14-11-10-12-15-27)29(23)21-32(45)43-31(36(47)51-38(5,6)7)16-13-19-41-37(40)44-52(48,49)34-25(3)24(2)33-28(26(34)4)17-18-39(8,9)50-33/h10-12,14-15,22,31H,13,16-21H2,1-9H3,(H,42,46)(H,43,45)(H3,40,41,44)/t31-/m0/s1. The molecule has 13 heteroatoms. The summed E-state index contributed by atoms with van der Waals surface area (Å²) in [6.45, 7) is 16.5. The summed E-state index contributed by atoms with van der Waals surface area (Å²) in [4.78, 5) is 46.6. The van der Waals surface area contributed by atoms with E-state index < -0.39 is 33.5 Å². The summed E-state index contributed by atoms with van der Waals surface area (Å²) < 4.78 is 41.5. The number of nitrogens with two attached hydrogens (primary N) is 1. The number of sulfonamides is 1. The number of carbonyl (C=O) groups excluding carboxylic acids is 2. The molecule has 0 bridgehead atoms. The molecule has 0 saturated carbocycles. The molecule has 282 valence electrons. The van der Waals surface area contributed by atoms with Crippen molar-refractivity contribution in [2.75, 3.05) is 6.54 Å². The lowest BCUT2D eigenvalue weighted by atomic mass is 9.88. The van der Waals surface area contributed by atoms with E-state index in [4.69, 9.17) is 15.2 Å². The van der Waals surface area contributed by atoms with E-state index in [0.717, 1.165) is 34.4 Å². The van der Waals surface area contributed by atoms with Crippen molar-refractivity contribution >= 4 is 27.9 Å². The van der Waals surface area contributed by atoms with E-state index >= 15 is 0 Å². The van der Waals surface area contributed by atoms with E-state index in [1.807, 2.05) is 58.0 Å². The summed E-state index contributed by atoms with van der Waals surface area (Å²) in [5.74, 6) is -0.625. The lowest BCUT2D eigenvalue weighted by Crippen LogP contribution is -2.45. The van der Waals surface area contributed by atoms with Gasteiger partial charge in [0.05, 0.1) is 11.3 Å². The fraction of sp³-hybridized carbons (Fsp3) is 0.487. The molecule has 0 radical (unpaired) electrons. The van der Waals surface area contributed by atoms with Gasteiger partial charge in [-0.05, 0) is 127 Å². The number of guanidine groups is 1. The molecule has 1 aliphatic rings. The van der Waals surface area contributed by atoms with Crippen LogP contribution in [0.5, 0.6) is 5.75 Å². The van der Waals surface area contributed by atoms with Gasteiger partial charge in [0.1, 0.15) is 23.0 Å². The number of benzene rings is 2. The van der Waals surface area contributed by atoms with E-state index in [-0.39, 0.29) is 47.8 Å². The number of aromatic nitrogens is 1. The predicted octanol–water partition coefficient (Wildman–Crippen LogP) is 4.75. The Kier molecular flexibility index (Phi) is 12.3. The highest BCUT2D eigenvalue weighted by molar-refractivity contribution is 7.90. The summed E-state index contributed by atoms with van der Waals surface area (Å²) in [6, 6.07) is 8.47. The summed E-state index contributed by atoms with van der Waals surface area (Å²) in [5.41, 5.74) is 10.2. The van der Waals surface area contributed by atoms with E-state index in [2.05, 4.69) is 20.0 Å². The molecule has 4 rings (SSSR count). The average molecular weight is 736 g/mol. The molecule has 5 N–H and O–H groups in total. The Hall–Kier alpha value is -4.65. The van der Waals surface area contributed by atoms with Crippen molar-refractivity contribution in [2.24, 2.45) is 10.7 Å². The van der Waals surface area contributed by atoms with E-state index in [0.29, 0.717) is 35.1 Å². The van der Waals surface area contributed by atoms with E-state index in [1.54, 1.807) is 40.8 Å². The van der Waals surface area contributed by atoms with Gasteiger partial charge in [0, 0.05) is 24.7 Å². The highest BCUT2D eigenvalue weighted by atomic mass is 32.2. The zero-order valence-corrected chi connectivity index (χ0v) is 32.6. The number of amides is 1. The Morgan fingerprint density at radius 3 is 2.38 bits per heavy atom. The fourth-order valence-electron chi connectivity index (χ4n) is 6.45. The van der Waals surface area contributed by atoms with Gasteiger partial charge in [0.2, 0.25) is 11.9 Å². The summed E-state index contributed by atoms with van der Waals surface area (Å²) in [7, 11) is -4.09. The van der Waals surface area contributed by atoms with E-state index in [1.165, 1.54) is 0 Å². The minimum Gasteiger partial charge on any atom is -0.487 e. The molecule has 1 aromatic heterocycles. The van der Waals surface area contributed by atoms with Crippen LogP contribution in [0.2, 0.25) is 0 Å². The number of H-pyrrole nitrogens is 1. The maximum absolute atomic E-state index is 13.6. The van der Waals surface area contributed by atoms with Crippen LogP contribution in [0.3, 0.4) is 0 Å². The number of nitrogens with one attached hydrogen (secondary N) is 3. The lowest BCUT2D eigenvalue weighted by molar-refractivity contribution is -0.158. The number of nitrogens with zero attached hydrogens (tertiary/aromatic N) is 1. The monoisotopic (exact) mass is 735 g/mol. The van der Waals surface area contributed by atoms with Crippen LogP contribution in [0.15, 0.2) is 51.2 Å². The molecule has 2 heterocycles. The Bertz CT molecular complexity index is 2010. The maximum atomic E-state index is 13.6. The Morgan fingerprint density at radius 1 is 1.06 bits per heavy atom. The van der Waals surface area contributed by atoms with Gasteiger partial charge >= 0.3 is 5.97 Å². The van der Waals surface area contributed by atoms with Crippen LogP contribution >= 0.6 is 0 Å². The number of esters is 1. The molecule has 0 unspecified atom stereocenters. The third kappa shape index (κ3) is 10.0. The number of aromatic amines is 1. The van der Waals surface area contributed by atoms with Crippen molar-refractivity contribution in [3.05, 3.63) is 91.4 Å². The zero-order chi connectivity index (χ0) is 38.6. The van der Waals surface area contributed by atoms with Crippen molar-refractivity contribution in [2.45, 2.75) is 123 Å². The molecule has 0 fully saturated rings. The quantitative estimate of drug-likeness (QED) is 0.0890. The van der Waals surface area contributed by atoms with Crippen LogP contribution in [0.25, 0.3) is 0 Å². The van der Waals surface area contributed by atoms with Gasteiger partial charge in [-0.3, -0.25) is 14.6 Å². The fourth-order valence-corrected chi connectivity index (χ4v) is 7.98. The third-order valence-electron chi connectivity index (χ3n) is 9.23. The minimum absolute atomic E-state index is 0.0714. The lowest BCUT2D eigenvalue weighted by Gasteiger charge is -2.35. The number of rotatable bonds is 12. The first kappa shape index (κ1) is 40.1. The number of aryl methyl sites for hydroxylation is 1. The van der Waals surface area contributed by atoms with Crippen molar-refractivity contribution < 1.29 is 27.5 Å². The van der Waals surface area contributed by atoms with Crippen LogP contribution in [-0.4, -0.2) is 55.0 Å². The first-order valence-electron chi connectivity index (χ1n) is 17.6. The van der Waals surface area contributed by atoms with E-state index in [9.17, 15) is 22.8 Å². The molecule has 12 nitrogen and oxygen atoms in total. The van der Waals surface area contributed by atoms with Gasteiger partial charge in [-0.1, -0.05) is 30.3 Å². The van der Waals surface area contributed by atoms with Crippen LogP contribution in [0.1, 0.15) is 98.4 Å². The molecular weight excluding hydrogens is 683 g/mol. The number of hydrogen-bond acceptors (Lipinski definition) is 8. The largest absolute Gasteiger partial charge is 0.487 e. The molecule has 3 aromatic rings. The third-order valence-corrected chi connectivity index (χ3v) is 10.9. The van der Waals surface area contributed by atoms with Crippen molar-refractivity contribution in [3.8, 4) is 5.75 Å². The normalized spacial score (nSPS) is 14.9. The number of pyridine rings is 1. The molecule has 52 heavy (non-hydrogen) atoms. The average Bonchev–Trinajstić information content (AvgIpc) is 3.03. The minimum atomic E-state index is -4.09. The number of fused-ring (bicyclic) bond motifs is 1. The van der Waals surface area contributed by atoms with Gasteiger partial charge in [-0.15, -0.1) is 0 Å². The first-order chi connectivity index (χ1) is 24.2. The number of aliphatic imine (C=N–C) groups is 1. The topological polar surface area (TPSA) is 182 Å². The Balaban J connectivity index is 1.46. The highest BCUT2D eigenvalue weighted by Gasteiger charge is 2.34. The SMILES string of the molecule is Cc1c[nH]c(=O)c(Cc2ccccc2)c1CC(=O)N[C@@H](CCCN=C(N)NS(=O)(=O)c1c(C)c(C)c2c(c1C)CCC(C)(C)O2)C(=O)OC(C)(C)C. The number of carbonyl (C=O) groups is 2. The maximum Gasteiger partial charge on any atom is 0.329 e. The molecule has 1 aliphatic heterocycles. The molecule has 0 saturated heterocycles. The zero-order valence-electron chi connectivity index (χ0n) is 31.8. The van der Waals surface area contributed by atoms with Crippen LogP contribution in [0, 0.1) is 27.7 Å². The van der Waals surface area contributed by atoms with Gasteiger partial charge in [0.25, 0.3) is 15.6 Å². The number of ether oxygens (including phenoxy) is 2. The summed E-state index contributed by atoms with van der Waals surface area (Å²) >= 11 is 0. The second-order valence-corrected chi connectivity index (χ2v) is 16.8. The second kappa shape index (κ2) is 15.9. The Labute approximate surface area is 307 Å². The Morgan fingerprint density at radius 2 is 1.73 bits per heavy atom. The predicted molar refractivity (Wildman–Crippen MR) is 202 cm³/mol. The van der Waals surface area contributed by atoms with Crippen molar-refractivity contribution in [1.82, 2.24) is 15.0 Å². The molecule has 1 amide bonds. The van der Waals surface area contributed by atoms with Gasteiger partial charge < -0.3 is 25.5 Å². The van der Waals surface area contributed by atoms with Crippen LogP contribution < -0.4 is 26.1 Å².